The summed E-state index contributed by atoms with van der Waals surface area (Å²) in [5.41, 5.74) is 2.05. The molecule has 1 saturated heterocycles. The SMILES string of the molecule is N=C1SC(=Cc2ccc(OCc3cccc4ccccc34)cc2)C(=O)C1c1nccs1. The van der Waals surface area contributed by atoms with Crippen LogP contribution in [0.3, 0.4) is 0 Å². The topological polar surface area (TPSA) is 63.0 Å². The van der Waals surface area contributed by atoms with Crippen LogP contribution in [-0.2, 0) is 11.4 Å². The van der Waals surface area contributed by atoms with Crippen LogP contribution in [0.1, 0.15) is 22.1 Å². The maximum atomic E-state index is 12.8. The molecule has 1 aromatic heterocycles. The third kappa shape index (κ3) is 4.04. The standard InChI is InChI=1S/C25H18N2O2S2/c26-24-22(25-27-12-13-30-25)23(28)21(31-24)14-16-8-10-19(11-9-16)29-15-18-6-3-5-17-4-1-2-7-20(17)18/h1-14,22,26H,15H2. The van der Waals surface area contributed by atoms with Gasteiger partial charge in [-0.25, -0.2) is 4.98 Å². The third-order valence-corrected chi connectivity index (χ3v) is 6.97. The largest absolute Gasteiger partial charge is 0.489 e. The van der Waals surface area contributed by atoms with Crippen molar-refractivity contribution < 1.29 is 9.53 Å². The van der Waals surface area contributed by atoms with Crippen LogP contribution in [0, 0.1) is 5.41 Å². The van der Waals surface area contributed by atoms with Crippen molar-refractivity contribution in [2.45, 2.75) is 12.5 Å². The Morgan fingerprint density at radius 2 is 1.84 bits per heavy atom. The van der Waals surface area contributed by atoms with Crippen LogP contribution < -0.4 is 4.74 Å². The first-order valence-electron chi connectivity index (χ1n) is 9.80. The Labute approximate surface area is 188 Å². The van der Waals surface area contributed by atoms with Gasteiger partial charge in [0.2, 0.25) is 0 Å². The summed E-state index contributed by atoms with van der Waals surface area (Å²) in [5.74, 6) is 0.162. The van der Waals surface area contributed by atoms with Crippen molar-refractivity contribution in [2.75, 3.05) is 0 Å². The number of aromatic nitrogens is 1. The van der Waals surface area contributed by atoms with Gasteiger partial charge in [-0.2, -0.15) is 0 Å². The number of ketones is 1. The van der Waals surface area contributed by atoms with E-state index in [2.05, 4.69) is 29.2 Å². The van der Waals surface area contributed by atoms with Crippen LogP contribution >= 0.6 is 23.1 Å². The van der Waals surface area contributed by atoms with E-state index in [4.69, 9.17) is 10.1 Å². The fraction of sp³-hybridized carbons (Fsp3) is 0.0800. The molecule has 1 atom stereocenters. The minimum atomic E-state index is -0.556. The van der Waals surface area contributed by atoms with Crippen LogP contribution in [0.4, 0.5) is 0 Å². The van der Waals surface area contributed by atoms with E-state index in [1.54, 1.807) is 6.20 Å². The molecule has 6 heteroatoms. The van der Waals surface area contributed by atoms with Crippen molar-refractivity contribution in [2.24, 2.45) is 0 Å². The van der Waals surface area contributed by atoms with Gasteiger partial charge in [-0.1, -0.05) is 66.4 Å². The molecule has 1 fully saturated rings. The molecule has 5 rings (SSSR count). The summed E-state index contributed by atoms with van der Waals surface area (Å²) < 4.78 is 6.00. The number of rotatable bonds is 5. The number of nitrogens with zero attached hydrogens (tertiary/aromatic N) is 1. The van der Waals surface area contributed by atoms with E-state index in [9.17, 15) is 4.79 Å². The zero-order valence-electron chi connectivity index (χ0n) is 16.4. The molecule has 0 saturated carbocycles. The summed E-state index contributed by atoms with van der Waals surface area (Å²) in [7, 11) is 0. The van der Waals surface area contributed by atoms with E-state index in [1.807, 2.05) is 53.9 Å². The Bertz CT molecular complexity index is 1290. The zero-order chi connectivity index (χ0) is 21.2. The predicted molar refractivity (Wildman–Crippen MR) is 128 cm³/mol. The highest BCUT2D eigenvalue weighted by molar-refractivity contribution is 8.19. The molecule has 0 amide bonds. The molecule has 2 heterocycles. The van der Waals surface area contributed by atoms with Gasteiger partial charge in [0.1, 0.15) is 23.3 Å². The van der Waals surface area contributed by atoms with Gasteiger partial charge >= 0.3 is 0 Å². The van der Waals surface area contributed by atoms with Crippen molar-refractivity contribution in [3.05, 3.63) is 99.3 Å². The summed E-state index contributed by atoms with van der Waals surface area (Å²) >= 11 is 2.63. The third-order valence-electron chi connectivity index (χ3n) is 5.14. The molecule has 1 unspecified atom stereocenters. The van der Waals surface area contributed by atoms with Gasteiger partial charge in [-0.3, -0.25) is 10.2 Å². The van der Waals surface area contributed by atoms with Crippen LogP contribution in [0.5, 0.6) is 5.75 Å². The number of allylic oxidation sites excluding steroid dienone is 1. The van der Waals surface area contributed by atoms with Gasteiger partial charge in [0, 0.05) is 11.6 Å². The second-order valence-corrected chi connectivity index (χ2v) is 9.15. The van der Waals surface area contributed by atoms with Crippen molar-refractivity contribution in [1.82, 2.24) is 4.98 Å². The molecular formula is C25H18N2O2S2. The summed E-state index contributed by atoms with van der Waals surface area (Å²) in [6.07, 6.45) is 3.51. The number of Topliss-reactive ketones (excluding diaryl/α,β-unsaturated/α-hetero) is 1. The summed E-state index contributed by atoms with van der Waals surface area (Å²) in [4.78, 5) is 17.6. The Morgan fingerprint density at radius 3 is 2.65 bits per heavy atom. The van der Waals surface area contributed by atoms with Crippen molar-refractivity contribution in [3.8, 4) is 5.75 Å². The highest BCUT2D eigenvalue weighted by atomic mass is 32.2. The van der Waals surface area contributed by atoms with Crippen LogP contribution in [0.2, 0.25) is 0 Å². The maximum absolute atomic E-state index is 12.8. The van der Waals surface area contributed by atoms with Gasteiger partial charge in [0.25, 0.3) is 0 Å². The second-order valence-electron chi connectivity index (χ2n) is 7.14. The van der Waals surface area contributed by atoms with Crippen LogP contribution in [0.15, 0.2) is 83.2 Å². The summed E-state index contributed by atoms with van der Waals surface area (Å²) in [6, 6.07) is 22.2. The molecule has 3 aromatic carbocycles. The number of thiazole rings is 1. The lowest BCUT2D eigenvalue weighted by Crippen LogP contribution is -2.11. The molecule has 4 aromatic rings. The molecule has 0 radical (unpaired) electrons. The highest BCUT2D eigenvalue weighted by Crippen LogP contribution is 2.41. The average Bonchev–Trinajstić information content (AvgIpc) is 3.41. The lowest BCUT2D eigenvalue weighted by Gasteiger charge is -2.09. The molecule has 0 bridgehead atoms. The quantitative estimate of drug-likeness (QED) is 0.369. The lowest BCUT2D eigenvalue weighted by molar-refractivity contribution is -0.114. The van der Waals surface area contributed by atoms with Crippen molar-refractivity contribution >= 4 is 50.8 Å². The minimum Gasteiger partial charge on any atom is -0.489 e. The van der Waals surface area contributed by atoms with Crippen LogP contribution in [-0.4, -0.2) is 15.8 Å². The number of carbonyl (C=O) groups excluding carboxylic acids is 1. The molecule has 1 aliphatic heterocycles. The van der Waals surface area contributed by atoms with E-state index in [-0.39, 0.29) is 5.78 Å². The molecule has 152 valence electrons. The summed E-state index contributed by atoms with van der Waals surface area (Å²) in [6.45, 7) is 0.489. The first-order valence-corrected chi connectivity index (χ1v) is 11.5. The predicted octanol–water partition coefficient (Wildman–Crippen LogP) is 6.29. The number of ether oxygens (including phenoxy) is 1. The van der Waals surface area contributed by atoms with Crippen molar-refractivity contribution in [1.29, 1.82) is 5.41 Å². The monoisotopic (exact) mass is 442 g/mol. The highest BCUT2D eigenvalue weighted by Gasteiger charge is 2.38. The molecule has 1 N–H and O–H groups in total. The summed E-state index contributed by atoms with van der Waals surface area (Å²) in [5, 5.41) is 13.4. The normalized spacial score (nSPS) is 17.5. The molecule has 1 aliphatic rings. The Hall–Kier alpha value is -3.22. The van der Waals surface area contributed by atoms with Gasteiger partial charge in [0.05, 0.1) is 9.95 Å². The van der Waals surface area contributed by atoms with E-state index in [1.165, 1.54) is 33.9 Å². The van der Waals surface area contributed by atoms with Gasteiger partial charge in [-0.05, 0) is 40.1 Å². The van der Waals surface area contributed by atoms with Crippen LogP contribution in [0.25, 0.3) is 16.8 Å². The van der Waals surface area contributed by atoms with Crippen molar-refractivity contribution in [3.63, 3.8) is 0 Å². The fourth-order valence-electron chi connectivity index (χ4n) is 3.58. The molecular weight excluding hydrogens is 424 g/mol. The van der Waals surface area contributed by atoms with E-state index < -0.39 is 5.92 Å². The smallest absolute Gasteiger partial charge is 0.186 e. The van der Waals surface area contributed by atoms with E-state index in [0.717, 1.165) is 16.9 Å². The van der Waals surface area contributed by atoms with Gasteiger partial charge in [0.15, 0.2) is 5.78 Å². The van der Waals surface area contributed by atoms with Gasteiger partial charge < -0.3 is 4.74 Å². The average molecular weight is 443 g/mol. The number of thioether (sulfide) groups is 1. The Kier molecular flexibility index (Phi) is 5.40. The Balaban J connectivity index is 1.29. The number of fused-ring (bicyclic) bond motifs is 1. The second kappa shape index (κ2) is 8.49. The minimum absolute atomic E-state index is 0.0544. The molecule has 0 spiro atoms. The number of nitrogens with one attached hydrogen (secondary N) is 1. The first-order chi connectivity index (χ1) is 15.2. The Morgan fingerprint density at radius 1 is 1.03 bits per heavy atom. The zero-order valence-corrected chi connectivity index (χ0v) is 18.1. The van der Waals surface area contributed by atoms with E-state index >= 15 is 0 Å². The number of hydrogen-bond acceptors (Lipinski definition) is 6. The number of carbonyl (C=O) groups is 1. The maximum Gasteiger partial charge on any atom is 0.186 e. The fourth-order valence-corrected chi connectivity index (χ4v) is 5.39. The van der Waals surface area contributed by atoms with Gasteiger partial charge in [-0.15, -0.1) is 11.3 Å². The van der Waals surface area contributed by atoms with E-state index in [0.29, 0.717) is 21.6 Å². The molecule has 0 aliphatic carbocycles. The number of hydrogen-bond donors (Lipinski definition) is 1. The number of benzene rings is 3. The first kappa shape index (κ1) is 19.7. The molecule has 31 heavy (non-hydrogen) atoms. The molecule has 4 nitrogen and oxygen atoms in total. The lowest BCUT2D eigenvalue weighted by atomic mass is 10.0.